The second-order valence-corrected chi connectivity index (χ2v) is 7.32. The van der Waals surface area contributed by atoms with Gasteiger partial charge < -0.3 is 4.74 Å². The van der Waals surface area contributed by atoms with Crippen molar-refractivity contribution in [2.75, 3.05) is 6.61 Å². The fraction of sp³-hybridized carbons (Fsp3) is 0.250. The van der Waals surface area contributed by atoms with E-state index in [1.54, 1.807) is 11.3 Å². The Hall–Kier alpha value is -2.93. The normalized spacial score (nSPS) is 10.6. The third kappa shape index (κ3) is 5.27. The first-order valence-electron chi connectivity index (χ1n) is 8.63. The number of fused-ring (bicyclic) bond motifs is 1. The highest BCUT2D eigenvalue weighted by molar-refractivity contribution is 7.18. The Kier molecular flexibility index (Phi) is 6.03. The number of hydrogen-bond acceptors (Lipinski definition) is 5. The van der Waals surface area contributed by atoms with E-state index in [4.69, 9.17) is 4.74 Å². The Labute approximate surface area is 161 Å². The maximum absolute atomic E-state index is 11.9. The summed E-state index contributed by atoms with van der Waals surface area (Å²) in [6, 6.07) is 13.5. The van der Waals surface area contributed by atoms with Gasteiger partial charge in [0.15, 0.2) is 6.61 Å². The SMILES string of the molecule is Cc1ccc(OCC(=O)NNC(=O)CCc2nc3ccccc3s2)cc1C. The van der Waals surface area contributed by atoms with Crippen LogP contribution < -0.4 is 15.6 Å². The van der Waals surface area contributed by atoms with Gasteiger partial charge in [0.2, 0.25) is 5.91 Å². The van der Waals surface area contributed by atoms with E-state index in [9.17, 15) is 9.59 Å². The van der Waals surface area contributed by atoms with E-state index < -0.39 is 5.91 Å². The zero-order chi connectivity index (χ0) is 19.2. The molecule has 0 spiro atoms. The topological polar surface area (TPSA) is 80.3 Å². The number of carbonyl (C=O) groups is 2. The van der Waals surface area contributed by atoms with Crippen LogP contribution in [-0.4, -0.2) is 23.4 Å². The molecule has 1 aromatic heterocycles. The molecule has 2 aromatic carbocycles. The zero-order valence-corrected chi connectivity index (χ0v) is 16.1. The van der Waals surface area contributed by atoms with Gasteiger partial charge in [-0.15, -0.1) is 11.3 Å². The third-order valence-electron chi connectivity index (χ3n) is 4.09. The molecular weight excluding hydrogens is 362 g/mol. The van der Waals surface area contributed by atoms with Crippen molar-refractivity contribution in [1.82, 2.24) is 15.8 Å². The van der Waals surface area contributed by atoms with Crippen LogP contribution >= 0.6 is 11.3 Å². The lowest BCUT2D eigenvalue weighted by Gasteiger charge is -2.09. The lowest BCUT2D eigenvalue weighted by Crippen LogP contribution is -2.43. The Morgan fingerprint density at radius 1 is 1.04 bits per heavy atom. The number of nitrogens with one attached hydrogen (secondary N) is 2. The van der Waals surface area contributed by atoms with Gasteiger partial charge in [-0.1, -0.05) is 18.2 Å². The molecule has 3 rings (SSSR count). The summed E-state index contributed by atoms with van der Waals surface area (Å²) in [5.74, 6) is -0.0641. The summed E-state index contributed by atoms with van der Waals surface area (Å²) >= 11 is 1.57. The number of carbonyl (C=O) groups excluding carboxylic acids is 2. The molecule has 0 unspecified atom stereocenters. The highest BCUT2D eigenvalue weighted by atomic mass is 32.1. The maximum atomic E-state index is 11.9. The molecule has 7 heteroatoms. The van der Waals surface area contributed by atoms with E-state index in [2.05, 4.69) is 15.8 Å². The number of hydrazine groups is 1. The zero-order valence-electron chi connectivity index (χ0n) is 15.2. The van der Waals surface area contributed by atoms with Crippen molar-refractivity contribution in [2.24, 2.45) is 0 Å². The molecule has 0 aliphatic heterocycles. The molecule has 0 aliphatic carbocycles. The third-order valence-corrected chi connectivity index (χ3v) is 5.19. The number of hydrogen-bond donors (Lipinski definition) is 2. The Morgan fingerprint density at radius 3 is 2.59 bits per heavy atom. The summed E-state index contributed by atoms with van der Waals surface area (Å²) < 4.78 is 6.53. The van der Waals surface area contributed by atoms with Crippen molar-refractivity contribution in [2.45, 2.75) is 26.7 Å². The Balaban J connectivity index is 1.39. The van der Waals surface area contributed by atoms with Crippen LogP contribution in [0.5, 0.6) is 5.75 Å². The van der Waals surface area contributed by atoms with E-state index in [-0.39, 0.29) is 18.9 Å². The van der Waals surface area contributed by atoms with Crippen LogP contribution in [0.15, 0.2) is 42.5 Å². The quantitative estimate of drug-likeness (QED) is 0.641. The summed E-state index contributed by atoms with van der Waals surface area (Å²) in [4.78, 5) is 28.2. The Morgan fingerprint density at radius 2 is 1.81 bits per heavy atom. The summed E-state index contributed by atoms with van der Waals surface area (Å²) in [5, 5.41) is 0.899. The molecule has 2 amide bonds. The number of aromatic nitrogens is 1. The average Bonchev–Trinajstić information content (AvgIpc) is 3.08. The van der Waals surface area contributed by atoms with Crippen molar-refractivity contribution < 1.29 is 14.3 Å². The van der Waals surface area contributed by atoms with E-state index >= 15 is 0 Å². The molecule has 0 aliphatic rings. The molecule has 0 atom stereocenters. The molecule has 0 bridgehead atoms. The predicted molar refractivity (Wildman–Crippen MR) is 106 cm³/mol. The van der Waals surface area contributed by atoms with Crippen molar-refractivity contribution in [1.29, 1.82) is 0 Å². The van der Waals surface area contributed by atoms with Crippen molar-refractivity contribution in [3.63, 3.8) is 0 Å². The molecule has 27 heavy (non-hydrogen) atoms. The summed E-state index contributed by atoms with van der Waals surface area (Å²) in [6.45, 7) is 3.82. The number of thiazole rings is 1. The lowest BCUT2D eigenvalue weighted by molar-refractivity contribution is -0.130. The minimum atomic E-state index is -0.415. The Bertz CT molecular complexity index is 935. The highest BCUT2D eigenvalue weighted by Crippen LogP contribution is 2.22. The van der Waals surface area contributed by atoms with Gasteiger partial charge in [-0.2, -0.15) is 0 Å². The van der Waals surface area contributed by atoms with Crippen LogP contribution in [-0.2, 0) is 16.0 Å². The summed E-state index contributed by atoms with van der Waals surface area (Å²) in [7, 11) is 0. The molecule has 0 radical (unpaired) electrons. The van der Waals surface area contributed by atoms with Gasteiger partial charge >= 0.3 is 0 Å². The molecule has 0 saturated carbocycles. The number of nitrogens with zero attached hydrogens (tertiary/aromatic N) is 1. The molecule has 2 N–H and O–H groups in total. The van der Waals surface area contributed by atoms with Gasteiger partial charge in [-0.25, -0.2) is 4.98 Å². The maximum Gasteiger partial charge on any atom is 0.276 e. The summed E-state index contributed by atoms with van der Waals surface area (Å²) in [6.07, 6.45) is 0.776. The van der Waals surface area contributed by atoms with Crippen LogP contribution in [0, 0.1) is 13.8 Å². The van der Waals surface area contributed by atoms with Crippen molar-refractivity contribution in [3.05, 3.63) is 58.6 Å². The van der Waals surface area contributed by atoms with Crippen LogP contribution in [0.25, 0.3) is 10.2 Å². The van der Waals surface area contributed by atoms with Gasteiger partial charge in [0.25, 0.3) is 5.91 Å². The largest absolute Gasteiger partial charge is 0.484 e. The van der Waals surface area contributed by atoms with Crippen LogP contribution in [0.1, 0.15) is 22.6 Å². The molecule has 1 heterocycles. The molecule has 0 saturated heterocycles. The average molecular weight is 383 g/mol. The second-order valence-electron chi connectivity index (χ2n) is 6.21. The smallest absolute Gasteiger partial charge is 0.276 e. The van der Waals surface area contributed by atoms with E-state index in [0.29, 0.717) is 12.2 Å². The predicted octanol–water partition coefficient (Wildman–Crippen LogP) is 3.07. The summed E-state index contributed by atoms with van der Waals surface area (Å²) in [5.41, 5.74) is 7.96. The lowest BCUT2D eigenvalue weighted by atomic mass is 10.1. The van der Waals surface area contributed by atoms with E-state index in [1.807, 2.05) is 56.3 Å². The number of rotatable bonds is 6. The molecule has 6 nitrogen and oxygen atoms in total. The fourth-order valence-electron chi connectivity index (χ4n) is 2.44. The fourth-order valence-corrected chi connectivity index (χ4v) is 3.40. The molecule has 3 aromatic rings. The second kappa shape index (κ2) is 8.64. The number of ether oxygens (including phenoxy) is 1. The number of para-hydroxylation sites is 1. The highest BCUT2D eigenvalue weighted by Gasteiger charge is 2.09. The number of benzene rings is 2. The number of aryl methyl sites for hydroxylation is 3. The molecular formula is C20H21N3O3S. The van der Waals surface area contributed by atoms with Crippen molar-refractivity contribution in [3.8, 4) is 5.75 Å². The van der Waals surface area contributed by atoms with Crippen LogP contribution in [0.4, 0.5) is 0 Å². The molecule has 140 valence electrons. The van der Waals surface area contributed by atoms with Gasteiger partial charge in [-0.3, -0.25) is 20.4 Å². The number of amides is 2. The van der Waals surface area contributed by atoms with Gasteiger partial charge in [0, 0.05) is 12.8 Å². The standard InChI is InChI=1S/C20H21N3O3S/c1-13-7-8-15(11-14(13)2)26-12-19(25)23-22-18(24)9-10-20-21-16-5-3-4-6-17(16)27-20/h3-8,11H,9-10,12H2,1-2H3,(H,22,24)(H,23,25). The van der Waals surface area contributed by atoms with Crippen LogP contribution in [0.2, 0.25) is 0 Å². The van der Waals surface area contributed by atoms with E-state index in [1.165, 1.54) is 0 Å². The molecule has 0 fully saturated rings. The first kappa shape index (κ1) is 18.8. The van der Waals surface area contributed by atoms with Gasteiger partial charge in [-0.05, 0) is 49.2 Å². The first-order valence-corrected chi connectivity index (χ1v) is 9.45. The minimum Gasteiger partial charge on any atom is -0.484 e. The monoisotopic (exact) mass is 383 g/mol. The minimum absolute atomic E-state index is 0.166. The van der Waals surface area contributed by atoms with Crippen LogP contribution in [0.3, 0.4) is 0 Å². The first-order chi connectivity index (χ1) is 13.0. The van der Waals surface area contributed by atoms with E-state index in [0.717, 1.165) is 26.4 Å². The van der Waals surface area contributed by atoms with Gasteiger partial charge in [0.05, 0.1) is 15.2 Å². The van der Waals surface area contributed by atoms with Gasteiger partial charge in [0.1, 0.15) is 5.75 Å². The van der Waals surface area contributed by atoms with Crippen molar-refractivity contribution >= 4 is 33.4 Å².